The highest BCUT2D eigenvalue weighted by Gasteiger charge is 2.30. The maximum absolute atomic E-state index is 12.2. The maximum Gasteiger partial charge on any atom is 0.252 e. The van der Waals surface area contributed by atoms with Gasteiger partial charge in [0.15, 0.2) is 0 Å². The molecule has 0 aliphatic carbocycles. The molecule has 0 aliphatic rings. The predicted molar refractivity (Wildman–Crippen MR) is 76.4 cm³/mol. The molecule has 1 aromatic carbocycles. The van der Waals surface area contributed by atoms with E-state index in [0.717, 1.165) is 0 Å². The van der Waals surface area contributed by atoms with Crippen LogP contribution in [0.3, 0.4) is 0 Å². The number of amides is 2. The molecule has 21 heavy (non-hydrogen) atoms. The minimum absolute atomic E-state index is 0.0875. The lowest BCUT2D eigenvalue weighted by Gasteiger charge is -2.24. The molecule has 0 radical (unpaired) electrons. The van der Waals surface area contributed by atoms with Gasteiger partial charge in [0, 0.05) is 5.56 Å². The van der Waals surface area contributed by atoms with E-state index in [2.05, 4.69) is 25.8 Å². The number of carbonyl (C=O) groups is 2. The lowest BCUT2D eigenvalue weighted by atomic mass is 10.0. The van der Waals surface area contributed by atoms with Crippen molar-refractivity contribution in [2.24, 2.45) is 0 Å². The second-order valence-electron chi connectivity index (χ2n) is 4.87. The third kappa shape index (κ3) is 3.82. The first-order valence-corrected chi connectivity index (χ1v) is 6.32. The Morgan fingerprint density at radius 1 is 1.10 bits per heavy atom. The molecule has 0 saturated heterocycles. The molecule has 0 bridgehead atoms. The van der Waals surface area contributed by atoms with Gasteiger partial charge in [-0.1, -0.05) is 18.2 Å². The molecule has 108 valence electrons. The van der Waals surface area contributed by atoms with Crippen LogP contribution >= 0.6 is 0 Å². The van der Waals surface area contributed by atoms with Crippen molar-refractivity contribution in [3.05, 3.63) is 48.3 Å². The Morgan fingerprint density at radius 3 is 2.43 bits per heavy atom. The quantitative estimate of drug-likeness (QED) is 0.874. The second-order valence-corrected chi connectivity index (χ2v) is 4.87. The van der Waals surface area contributed by atoms with Crippen LogP contribution in [0.4, 0.5) is 5.95 Å². The number of benzene rings is 1. The largest absolute Gasteiger partial charge is 0.338 e. The van der Waals surface area contributed by atoms with Crippen LogP contribution in [0.5, 0.6) is 0 Å². The molecule has 0 atom stereocenters. The van der Waals surface area contributed by atoms with E-state index >= 15 is 0 Å². The van der Waals surface area contributed by atoms with Crippen molar-refractivity contribution in [3.8, 4) is 0 Å². The normalized spacial score (nSPS) is 10.8. The van der Waals surface area contributed by atoms with Crippen molar-refractivity contribution in [2.45, 2.75) is 19.4 Å². The highest BCUT2D eigenvalue weighted by molar-refractivity contribution is 6.02. The van der Waals surface area contributed by atoms with E-state index in [0.29, 0.717) is 5.56 Å². The number of rotatable bonds is 4. The van der Waals surface area contributed by atoms with Crippen LogP contribution in [0.1, 0.15) is 24.2 Å². The minimum atomic E-state index is -1.12. The van der Waals surface area contributed by atoms with Gasteiger partial charge in [-0.25, -0.2) is 4.98 Å². The number of hydrogen-bond acceptors (Lipinski definition) is 5. The van der Waals surface area contributed by atoms with Gasteiger partial charge in [0.25, 0.3) is 11.8 Å². The van der Waals surface area contributed by atoms with Gasteiger partial charge in [-0.3, -0.25) is 14.9 Å². The van der Waals surface area contributed by atoms with Crippen LogP contribution in [-0.2, 0) is 4.79 Å². The van der Waals surface area contributed by atoms with E-state index in [-0.39, 0.29) is 11.9 Å². The lowest BCUT2D eigenvalue weighted by molar-refractivity contribution is -0.121. The van der Waals surface area contributed by atoms with Gasteiger partial charge in [-0.05, 0) is 26.0 Å². The topological polar surface area (TPSA) is 96.9 Å². The van der Waals surface area contributed by atoms with Gasteiger partial charge in [0.2, 0.25) is 5.95 Å². The predicted octanol–water partition coefficient (Wildman–Crippen LogP) is 1.02. The summed E-state index contributed by atoms with van der Waals surface area (Å²) in [4.78, 5) is 28.1. The van der Waals surface area contributed by atoms with Crippen molar-refractivity contribution in [1.29, 1.82) is 0 Å². The summed E-state index contributed by atoms with van der Waals surface area (Å²) in [5, 5.41) is 12.4. The molecule has 1 aromatic heterocycles. The first-order valence-electron chi connectivity index (χ1n) is 6.32. The molecule has 0 saturated carbocycles. The average Bonchev–Trinajstić information content (AvgIpc) is 2.48. The first-order chi connectivity index (χ1) is 9.99. The summed E-state index contributed by atoms with van der Waals surface area (Å²) >= 11 is 0. The Labute approximate surface area is 121 Å². The summed E-state index contributed by atoms with van der Waals surface area (Å²) < 4.78 is 0. The van der Waals surface area contributed by atoms with Gasteiger partial charge >= 0.3 is 0 Å². The molecule has 1 heterocycles. The summed E-state index contributed by atoms with van der Waals surface area (Å²) in [6.45, 7) is 3.19. The molecule has 0 unspecified atom stereocenters. The second kappa shape index (κ2) is 6.08. The molecule has 0 fully saturated rings. The number of carbonyl (C=O) groups excluding carboxylic acids is 2. The molecule has 2 N–H and O–H groups in total. The van der Waals surface area contributed by atoms with E-state index in [9.17, 15) is 9.59 Å². The Kier molecular flexibility index (Phi) is 4.22. The van der Waals surface area contributed by atoms with E-state index in [1.165, 1.54) is 12.4 Å². The molecular formula is C14H15N5O2. The molecule has 2 aromatic rings. The number of anilines is 1. The monoisotopic (exact) mass is 285 g/mol. The molecule has 0 aliphatic heterocycles. The van der Waals surface area contributed by atoms with Gasteiger partial charge in [-0.2, -0.15) is 5.10 Å². The number of aromatic nitrogens is 3. The summed E-state index contributed by atoms with van der Waals surface area (Å²) in [6, 6.07) is 8.67. The molecular weight excluding hydrogens is 270 g/mol. The number of nitrogens with zero attached hydrogens (tertiary/aromatic N) is 3. The number of nitrogens with one attached hydrogen (secondary N) is 2. The molecule has 2 rings (SSSR count). The fourth-order valence-electron chi connectivity index (χ4n) is 1.56. The van der Waals surface area contributed by atoms with Crippen LogP contribution in [0.15, 0.2) is 42.7 Å². The molecule has 7 heteroatoms. The molecule has 2 amide bonds. The van der Waals surface area contributed by atoms with E-state index < -0.39 is 11.4 Å². The zero-order chi connectivity index (χ0) is 15.3. The average molecular weight is 285 g/mol. The highest BCUT2D eigenvalue weighted by Crippen LogP contribution is 2.08. The zero-order valence-electron chi connectivity index (χ0n) is 11.7. The Bertz CT molecular complexity index is 628. The first kappa shape index (κ1) is 14.6. The lowest BCUT2D eigenvalue weighted by Crippen LogP contribution is -2.52. The minimum Gasteiger partial charge on any atom is -0.338 e. The van der Waals surface area contributed by atoms with E-state index in [1.807, 2.05) is 6.07 Å². The Morgan fingerprint density at radius 2 is 1.81 bits per heavy atom. The van der Waals surface area contributed by atoms with Gasteiger partial charge < -0.3 is 5.32 Å². The number of hydrogen-bond donors (Lipinski definition) is 2. The van der Waals surface area contributed by atoms with Crippen LogP contribution in [-0.4, -0.2) is 32.5 Å². The molecule has 0 spiro atoms. The smallest absolute Gasteiger partial charge is 0.252 e. The zero-order valence-corrected chi connectivity index (χ0v) is 11.7. The Balaban J connectivity index is 2.04. The Hall–Kier alpha value is -2.83. The SMILES string of the molecule is CC(C)(NC(=O)c1ccccc1)C(=O)Nc1nccnn1. The van der Waals surface area contributed by atoms with Crippen LogP contribution in [0.2, 0.25) is 0 Å². The highest BCUT2D eigenvalue weighted by atomic mass is 16.2. The van der Waals surface area contributed by atoms with Gasteiger partial charge in [-0.15, -0.1) is 5.10 Å². The third-order valence-corrected chi connectivity index (χ3v) is 2.74. The van der Waals surface area contributed by atoms with Gasteiger partial charge in [0.1, 0.15) is 5.54 Å². The standard InChI is InChI=1S/C14H15N5O2/c1-14(2,12(21)17-13-15-8-9-16-19-13)18-11(20)10-6-4-3-5-7-10/h3-9H,1-2H3,(H,18,20)(H,15,17,19,21). The maximum atomic E-state index is 12.2. The van der Waals surface area contributed by atoms with Crippen molar-refractivity contribution in [3.63, 3.8) is 0 Å². The fraction of sp³-hybridized carbons (Fsp3) is 0.214. The van der Waals surface area contributed by atoms with Gasteiger partial charge in [0.05, 0.1) is 12.4 Å². The van der Waals surface area contributed by atoms with Crippen molar-refractivity contribution >= 4 is 17.8 Å². The molecule has 7 nitrogen and oxygen atoms in total. The third-order valence-electron chi connectivity index (χ3n) is 2.74. The van der Waals surface area contributed by atoms with Crippen molar-refractivity contribution in [2.75, 3.05) is 5.32 Å². The van der Waals surface area contributed by atoms with Crippen LogP contribution < -0.4 is 10.6 Å². The summed E-state index contributed by atoms with van der Waals surface area (Å²) in [5.74, 6) is -0.674. The van der Waals surface area contributed by atoms with E-state index in [1.54, 1.807) is 38.1 Å². The van der Waals surface area contributed by atoms with Crippen LogP contribution in [0, 0.1) is 0 Å². The van der Waals surface area contributed by atoms with E-state index in [4.69, 9.17) is 0 Å². The fourth-order valence-corrected chi connectivity index (χ4v) is 1.56. The summed E-state index contributed by atoms with van der Waals surface area (Å²) in [7, 11) is 0. The van der Waals surface area contributed by atoms with Crippen LogP contribution in [0.25, 0.3) is 0 Å². The van der Waals surface area contributed by atoms with Crippen molar-refractivity contribution < 1.29 is 9.59 Å². The summed E-state index contributed by atoms with van der Waals surface area (Å²) in [6.07, 6.45) is 2.82. The summed E-state index contributed by atoms with van der Waals surface area (Å²) in [5.41, 5.74) is -0.637. The van der Waals surface area contributed by atoms with Crippen molar-refractivity contribution in [1.82, 2.24) is 20.5 Å².